The number of amides is 1. The molecule has 1 aliphatic rings. The minimum absolute atomic E-state index is 0.139. The number of nitrogens with one attached hydrogen (secondary N) is 2. The molecule has 1 fully saturated rings. The number of carbonyl (C=O) groups excluding carboxylic acids is 1. The fourth-order valence-corrected chi connectivity index (χ4v) is 4.03. The van der Waals surface area contributed by atoms with Gasteiger partial charge < -0.3 is 15.1 Å². The Balaban J connectivity index is 1.71. The van der Waals surface area contributed by atoms with Crippen LogP contribution in [0.15, 0.2) is 35.2 Å². The van der Waals surface area contributed by atoms with Crippen LogP contribution >= 0.6 is 0 Å². The fourth-order valence-electron chi connectivity index (χ4n) is 2.89. The Labute approximate surface area is 168 Å². The van der Waals surface area contributed by atoms with Crippen LogP contribution in [-0.4, -0.2) is 77.0 Å². The second-order valence-electron chi connectivity index (χ2n) is 7.09. The van der Waals surface area contributed by atoms with Crippen molar-refractivity contribution in [2.45, 2.75) is 24.7 Å². The van der Waals surface area contributed by atoms with E-state index < -0.39 is 10.0 Å². The zero-order valence-corrected chi connectivity index (χ0v) is 17.7. The van der Waals surface area contributed by atoms with Gasteiger partial charge in [0.1, 0.15) is 0 Å². The molecule has 7 nitrogen and oxygen atoms in total. The van der Waals surface area contributed by atoms with Crippen LogP contribution in [0.2, 0.25) is 0 Å². The summed E-state index contributed by atoms with van der Waals surface area (Å²) in [6.45, 7) is 8.35. The van der Waals surface area contributed by atoms with Crippen molar-refractivity contribution in [2.24, 2.45) is 0 Å². The molecule has 8 heteroatoms. The Morgan fingerprint density at radius 3 is 2.43 bits per heavy atom. The number of rotatable bonds is 10. The van der Waals surface area contributed by atoms with Crippen molar-refractivity contribution in [2.75, 3.05) is 52.9 Å². The molecule has 1 saturated heterocycles. The van der Waals surface area contributed by atoms with Crippen LogP contribution in [0.3, 0.4) is 0 Å². The van der Waals surface area contributed by atoms with Crippen molar-refractivity contribution in [3.8, 4) is 0 Å². The van der Waals surface area contributed by atoms with Crippen LogP contribution in [0.4, 0.5) is 0 Å². The number of hydrogen-bond donors (Lipinski definition) is 2. The van der Waals surface area contributed by atoms with Gasteiger partial charge in [0.05, 0.1) is 4.90 Å². The molecule has 1 aromatic carbocycles. The van der Waals surface area contributed by atoms with Crippen molar-refractivity contribution < 1.29 is 13.2 Å². The largest absolute Gasteiger partial charge is 0.353 e. The Hall–Kier alpha value is -1.74. The number of piperazine rings is 1. The Morgan fingerprint density at radius 2 is 1.79 bits per heavy atom. The number of nitrogens with zero attached hydrogens (tertiary/aromatic N) is 2. The molecule has 0 bridgehead atoms. The second-order valence-corrected chi connectivity index (χ2v) is 8.86. The summed E-state index contributed by atoms with van der Waals surface area (Å²) in [5.41, 5.74) is 0.780. The van der Waals surface area contributed by atoms with Crippen LogP contribution in [0.1, 0.15) is 25.3 Å². The van der Waals surface area contributed by atoms with Gasteiger partial charge in [-0.25, -0.2) is 13.1 Å². The maximum Gasteiger partial charge on any atom is 0.243 e. The first-order chi connectivity index (χ1) is 13.4. The molecule has 2 rings (SSSR count). The van der Waals surface area contributed by atoms with Gasteiger partial charge in [-0.2, -0.15) is 0 Å². The lowest BCUT2D eigenvalue weighted by atomic mass is 10.2. The minimum Gasteiger partial charge on any atom is -0.353 e. The quantitative estimate of drug-likeness (QED) is 0.448. The zero-order chi connectivity index (χ0) is 20.4. The molecule has 0 saturated carbocycles. The summed E-state index contributed by atoms with van der Waals surface area (Å²) in [7, 11) is -1.32. The molecule has 156 valence electrons. The van der Waals surface area contributed by atoms with Crippen LogP contribution in [0.25, 0.3) is 6.08 Å². The van der Waals surface area contributed by atoms with E-state index in [4.69, 9.17) is 0 Å². The van der Waals surface area contributed by atoms with E-state index >= 15 is 0 Å². The predicted octanol–water partition coefficient (Wildman–Crippen LogP) is 1.14. The molecule has 0 atom stereocenters. The number of carbonyl (C=O) groups is 1. The molecule has 2 N–H and O–H groups in total. The van der Waals surface area contributed by atoms with Crippen molar-refractivity contribution in [1.29, 1.82) is 0 Å². The summed E-state index contributed by atoms with van der Waals surface area (Å²) < 4.78 is 26.6. The molecule has 1 amide bonds. The van der Waals surface area contributed by atoms with Gasteiger partial charge in [0.25, 0.3) is 0 Å². The first-order valence-corrected chi connectivity index (χ1v) is 11.4. The molecular weight excluding hydrogens is 376 g/mol. The van der Waals surface area contributed by atoms with Crippen LogP contribution in [0.5, 0.6) is 0 Å². The number of hydrogen-bond acceptors (Lipinski definition) is 5. The average Bonchev–Trinajstić information content (AvgIpc) is 2.70. The lowest BCUT2D eigenvalue weighted by molar-refractivity contribution is -0.116. The van der Waals surface area contributed by atoms with E-state index in [-0.39, 0.29) is 10.8 Å². The monoisotopic (exact) mass is 408 g/mol. The number of likely N-dealkylation sites (N-methyl/N-ethyl adjacent to an activating group) is 1. The summed E-state index contributed by atoms with van der Waals surface area (Å²) >= 11 is 0. The normalized spacial score (nSPS) is 16.5. The fraction of sp³-hybridized carbons (Fsp3) is 0.550. The lowest BCUT2D eigenvalue weighted by Gasteiger charge is -2.32. The Bertz CT molecular complexity index is 739. The molecule has 0 aliphatic carbocycles. The van der Waals surface area contributed by atoms with Gasteiger partial charge in [0, 0.05) is 45.3 Å². The second kappa shape index (κ2) is 11.3. The molecule has 0 aromatic heterocycles. The summed E-state index contributed by atoms with van der Waals surface area (Å²) in [6, 6.07) is 6.48. The van der Waals surface area contributed by atoms with Gasteiger partial charge in [-0.05, 0) is 50.2 Å². The third kappa shape index (κ3) is 7.71. The SMILES string of the molecule is CCCNS(=O)(=O)c1ccc(/C=C/C(=O)NCCCN2CCN(C)CC2)cc1. The van der Waals surface area contributed by atoms with E-state index in [1.165, 1.54) is 6.08 Å². The summed E-state index contributed by atoms with van der Waals surface area (Å²) in [6.07, 6.45) is 4.84. The standard InChI is InChI=1S/C20H32N4O3S/c1-3-11-22-28(26,27)19-8-5-18(6-9-19)7-10-20(25)21-12-4-13-24-16-14-23(2)15-17-24/h5-10,22H,3-4,11-17H2,1-2H3,(H,21,25)/b10-7+. The highest BCUT2D eigenvalue weighted by Gasteiger charge is 2.13. The van der Waals surface area contributed by atoms with Crippen LogP contribution < -0.4 is 10.0 Å². The van der Waals surface area contributed by atoms with Gasteiger partial charge in [0.15, 0.2) is 0 Å². The van der Waals surface area contributed by atoms with Gasteiger partial charge in [-0.15, -0.1) is 0 Å². The summed E-state index contributed by atoms with van der Waals surface area (Å²) in [5, 5.41) is 2.89. The molecule has 1 aromatic rings. The molecule has 0 spiro atoms. The minimum atomic E-state index is -3.46. The molecule has 0 radical (unpaired) electrons. The predicted molar refractivity (Wildman–Crippen MR) is 113 cm³/mol. The zero-order valence-electron chi connectivity index (χ0n) is 16.9. The first kappa shape index (κ1) is 22.5. The van der Waals surface area contributed by atoms with E-state index in [1.54, 1.807) is 30.3 Å². The highest BCUT2D eigenvalue weighted by atomic mass is 32.2. The molecular formula is C20H32N4O3S. The van der Waals surface area contributed by atoms with E-state index in [0.717, 1.165) is 51.1 Å². The smallest absolute Gasteiger partial charge is 0.243 e. The third-order valence-electron chi connectivity index (χ3n) is 4.71. The lowest BCUT2D eigenvalue weighted by Crippen LogP contribution is -2.45. The van der Waals surface area contributed by atoms with Crippen LogP contribution in [0, 0.1) is 0 Å². The third-order valence-corrected chi connectivity index (χ3v) is 6.18. The molecule has 0 unspecified atom stereocenters. The van der Waals surface area contributed by atoms with Gasteiger partial charge in [-0.3, -0.25) is 4.79 Å². The highest BCUT2D eigenvalue weighted by molar-refractivity contribution is 7.89. The molecule has 28 heavy (non-hydrogen) atoms. The van der Waals surface area contributed by atoms with Crippen molar-refractivity contribution in [3.05, 3.63) is 35.9 Å². The maximum atomic E-state index is 12.0. The average molecular weight is 409 g/mol. The molecule has 1 aliphatic heterocycles. The first-order valence-electron chi connectivity index (χ1n) is 9.87. The summed E-state index contributed by atoms with van der Waals surface area (Å²) in [4.78, 5) is 16.9. The Kier molecular flexibility index (Phi) is 9.11. The van der Waals surface area contributed by atoms with E-state index in [1.807, 2.05) is 6.92 Å². The van der Waals surface area contributed by atoms with Gasteiger partial charge in [0.2, 0.25) is 15.9 Å². The highest BCUT2D eigenvalue weighted by Crippen LogP contribution is 2.11. The number of sulfonamides is 1. The number of benzene rings is 1. The maximum absolute atomic E-state index is 12.0. The van der Waals surface area contributed by atoms with Crippen molar-refractivity contribution in [3.63, 3.8) is 0 Å². The van der Waals surface area contributed by atoms with Crippen LogP contribution in [-0.2, 0) is 14.8 Å². The van der Waals surface area contributed by atoms with Crippen molar-refractivity contribution >= 4 is 22.0 Å². The van der Waals surface area contributed by atoms with E-state index in [9.17, 15) is 13.2 Å². The van der Waals surface area contributed by atoms with Gasteiger partial charge in [-0.1, -0.05) is 19.1 Å². The molecule has 1 heterocycles. The van der Waals surface area contributed by atoms with Gasteiger partial charge >= 0.3 is 0 Å². The topological polar surface area (TPSA) is 81.7 Å². The van der Waals surface area contributed by atoms with E-state index in [2.05, 4.69) is 26.9 Å². The Morgan fingerprint density at radius 1 is 1.11 bits per heavy atom. The van der Waals surface area contributed by atoms with E-state index in [0.29, 0.717) is 13.1 Å². The summed E-state index contributed by atoms with van der Waals surface area (Å²) in [5.74, 6) is -0.139. The van der Waals surface area contributed by atoms with Crippen molar-refractivity contribution in [1.82, 2.24) is 19.8 Å².